The third kappa shape index (κ3) is 5.73. The van der Waals surface area contributed by atoms with E-state index in [9.17, 15) is 9.59 Å². The van der Waals surface area contributed by atoms with Crippen LogP contribution in [0.4, 0.5) is 0 Å². The van der Waals surface area contributed by atoms with Crippen LogP contribution in [0.5, 0.6) is 0 Å². The first-order valence-corrected chi connectivity index (χ1v) is 9.06. The SMILES string of the molecule is CCCCCOC(=O)c1ccc(-c2ccc(C(C)OC(C)=O)cc2)cc1. The van der Waals surface area contributed by atoms with E-state index in [2.05, 4.69) is 6.92 Å². The summed E-state index contributed by atoms with van der Waals surface area (Å²) in [6, 6.07) is 15.2. The third-order valence-corrected chi connectivity index (χ3v) is 4.16. The molecule has 0 saturated carbocycles. The van der Waals surface area contributed by atoms with Crippen molar-refractivity contribution in [2.45, 2.75) is 46.1 Å². The number of hydrogen-bond acceptors (Lipinski definition) is 4. The van der Waals surface area contributed by atoms with Gasteiger partial charge < -0.3 is 9.47 Å². The summed E-state index contributed by atoms with van der Waals surface area (Å²) in [7, 11) is 0. The van der Waals surface area contributed by atoms with Crippen LogP contribution in [0.3, 0.4) is 0 Å². The van der Waals surface area contributed by atoms with E-state index in [4.69, 9.17) is 9.47 Å². The number of unbranched alkanes of at least 4 members (excludes halogenated alkanes) is 2. The maximum atomic E-state index is 12.0. The summed E-state index contributed by atoms with van der Waals surface area (Å²) in [4.78, 5) is 23.0. The van der Waals surface area contributed by atoms with Crippen LogP contribution in [0.1, 0.15) is 62.1 Å². The van der Waals surface area contributed by atoms with Gasteiger partial charge in [0.2, 0.25) is 0 Å². The Morgan fingerprint density at radius 2 is 1.50 bits per heavy atom. The number of benzene rings is 2. The summed E-state index contributed by atoms with van der Waals surface area (Å²) < 4.78 is 10.5. The highest BCUT2D eigenvalue weighted by Gasteiger charge is 2.10. The van der Waals surface area contributed by atoms with Crippen LogP contribution in [-0.4, -0.2) is 18.5 Å². The zero-order chi connectivity index (χ0) is 18.9. The molecule has 26 heavy (non-hydrogen) atoms. The van der Waals surface area contributed by atoms with Crippen molar-refractivity contribution >= 4 is 11.9 Å². The highest BCUT2D eigenvalue weighted by atomic mass is 16.5. The lowest BCUT2D eigenvalue weighted by molar-refractivity contribution is -0.145. The van der Waals surface area contributed by atoms with Crippen LogP contribution in [0.2, 0.25) is 0 Å². The molecule has 138 valence electrons. The summed E-state index contributed by atoms with van der Waals surface area (Å²) in [6.45, 7) is 5.83. The minimum Gasteiger partial charge on any atom is -0.462 e. The van der Waals surface area contributed by atoms with Crippen molar-refractivity contribution < 1.29 is 19.1 Å². The van der Waals surface area contributed by atoms with Gasteiger partial charge in [-0.2, -0.15) is 0 Å². The van der Waals surface area contributed by atoms with Gasteiger partial charge >= 0.3 is 11.9 Å². The van der Waals surface area contributed by atoms with E-state index in [1.807, 2.05) is 43.3 Å². The predicted octanol–water partition coefficient (Wildman–Crippen LogP) is 5.32. The number of ether oxygens (including phenoxy) is 2. The van der Waals surface area contributed by atoms with E-state index in [1.165, 1.54) is 6.92 Å². The Labute approximate surface area is 155 Å². The zero-order valence-electron chi connectivity index (χ0n) is 15.7. The second-order valence-corrected chi connectivity index (χ2v) is 6.29. The quantitative estimate of drug-likeness (QED) is 0.475. The monoisotopic (exact) mass is 354 g/mol. The Bertz CT molecular complexity index is 717. The van der Waals surface area contributed by atoms with Crippen molar-refractivity contribution in [3.63, 3.8) is 0 Å². The van der Waals surface area contributed by atoms with Gasteiger partial charge in [0.1, 0.15) is 6.10 Å². The van der Waals surface area contributed by atoms with Crippen LogP contribution in [0.25, 0.3) is 11.1 Å². The molecule has 0 amide bonds. The molecule has 0 spiro atoms. The van der Waals surface area contributed by atoms with E-state index >= 15 is 0 Å². The highest BCUT2D eigenvalue weighted by Crippen LogP contribution is 2.24. The first-order valence-electron chi connectivity index (χ1n) is 9.06. The van der Waals surface area contributed by atoms with Crippen LogP contribution in [-0.2, 0) is 14.3 Å². The maximum absolute atomic E-state index is 12.0. The standard InChI is InChI=1S/C22H26O4/c1-4-5-6-15-25-22(24)21-13-11-20(12-14-21)19-9-7-18(8-10-19)16(2)26-17(3)23/h7-14,16H,4-6,15H2,1-3H3. The van der Waals surface area contributed by atoms with E-state index in [-0.39, 0.29) is 18.0 Å². The predicted molar refractivity (Wildman–Crippen MR) is 102 cm³/mol. The van der Waals surface area contributed by atoms with Crippen molar-refractivity contribution in [3.8, 4) is 11.1 Å². The van der Waals surface area contributed by atoms with E-state index in [1.54, 1.807) is 12.1 Å². The fourth-order valence-electron chi connectivity index (χ4n) is 2.66. The summed E-state index contributed by atoms with van der Waals surface area (Å²) in [5.41, 5.74) is 3.55. The second-order valence-electron chi connectivity index (χ2n) is 6.29. The normalized spacial score (nSPS) is 11.7. The topological polar surface area (TPSA) is 52.6 Å². The van der Waals surface area contributed by atoms with Gasteiger partial charge in [0.25, 0.3) is 0 Å². The van der Waals surface area contributed by atoms with Crippen LogP contribution in [0, 0.1) is 0 Å². The smallest absolute Gasteiger partial charge is 0.338 e. The van der Waals surface area contributed by atoms with Gasteiger partial charge in [-0.05, 0) is 42.2 Å². The Hall–Kier alpha value is -2.62. The zero-order valence-corrected chi connectivity index (χ0v) is 15.7. The van der Waals surface area contributed by atoms with Crippen molar-refractivity contribution in [1.82, 2.24) is 0 Å². The van der Waals surface area contributed by atoms with Crippen molar-refractivity contribution in [3.05, 3.63) is 59.7 Å². The Morgan fingerprint density at radius 3 is 2.04 bits per heavy atom. The molecule has 0 aromatic heterocycles. The van der Waals surface area contributed by atoms with E-state index in [0.29, 0.717) is 12.2 Å². The Balaban J connectivity index is 1.99. The lowest BCUT2D eigenvalue weighted by atomic mass is 10.0. The van der Waals surface area contributed by atoms with Gasteiger partial charge in [0.05, 0.1) is 12.2 Å². The molecule has 0 fully saturated rings. The van der Waals surface area contributed by atoms with Crippen molar-refractivity contribution in [2.75, 3.05) is 6.61 Å². The number of carbonyl (C=O) groups is 2. The molecule has 0 bridgehead atoms. The van der Waals surface area contributed by atoms with E-state index < -0.39 is 0 Å². The third-order valence-electron chi connectivity index (χ3n) is 4.16. The minimum atomic E-state index is -0.293. The van der Waals surface area contributed by atoms with Gasteiger partial charge in [-0.3, -0.25) is 4.79 Å². The van der Waals surface area contributed by atoms with Gasteiger partial charge in [0.15, 0.2) is 0 Å². The first kappa shape index (κ1) is 19.7. The number of esters is 2. The highest BCUT2D eigenvalue weighted by molar-refractivity contribution is 5.90. The second kappa shape index (κ2) is 9.76. The Morgan fingerprint density at radius 1 is 0.923 bits per heavy atom. The molecule has 4 heteroatoms. The molecule has 0 aliphatic carbocycles. The largest absolute Gasteiger partial charge is 0.462 e. The minimum absolute atomic E-state index is 0.272. The van der Waals surface area contributed by atoms with Crippen molar-refractivity contribution in [2.24, 2.45) is 0 Å². The molecule has 0 heterocycles. The molecule has 0 N–H and O–H groups in total. The lowest BCUT2D eigenvalue weighted by Crippen LogP contribution is -2.06. The van der Waals surface area contributed by atoms with Gasteiger partial charge in [-0.15, -0.1) is 0 Å². The summed E-state index contributed by atoms with van der Waals surface area (Å²) >= 11 is 0. The molecule has 0 aliphatic rings. The number of rotatable bonds is 8. The van der Waals surface area contributed by atoms with Gasteiger partial charge in [-0.25, -0.2) is 4.79 Å². The molecular formula is C22H26O4. The van der Waals surface area contributed by atoms with Crippen molar-refractivity contribution in [1.29, 1.82) is 0 Å². The maximum Gasteiger partial charge on any atom is 0.338 e. The molecule has 1 atom stereocenters. The molecule has 1 unspecified atom stereocenters. The number of carbonyl (C=O) groups excluding carboxylic acids is 2. The average molecular weight is 354 g/mol. The van der Waals surface area contributed by atoms with Crippen LogP contribution >= 0.6 is 0 Å². The molecule has 2 aromatic rings. The summed E-state index contributed by atoms with van der Waals surface area (Å²) in [5, 5.41) is 0. The van der Waals surface area contributed by atoms with E-state index in [0.717, 1.165) is 36.0 Å². The molecular weight excluding hydrogens is 328 g/mol. The van der Waals surface area contributed by atoms with Gasteiger partial charge in [-0.1, -0.05) is 56.2 Å². The van der Waals surface area contributed by atoms with Crippen LogP contribution < -0.4 is 0 Å². The Kier molecular flexibility index (Phi) is 7.39. The van der Waals surface area contributed by atoms with Crippen LogP contribution in [0.15, 0.2) is 48.5 Å². The fourth-order valence-corrected chi connectivity index (χ4v) is 2.66. The van der Waals surface area contributed by atoms with Gasteiger partial charge in [0, 0.05) is 6.92 Å². The first-order chi connectivity index (χ1) is 12.5. The molecule has 4 nitrogen and oxygen atoms in total. The average Bonchev–Trinajstić information content (AvgIpc) is 2.65. The molecule has 0 aliphatic heterocycles. The lowest BCUT2D eigenvalue weighted by Gasteiger charge is -2.12. The summed E-state index contributed by atoms with van der Waals surface area (Å²) in [5.74, 6) is -0.572. The summed E-state index contributed by atoms with van der Waals surface area (Å²) in [6.07, 6.45) is 2.80. The molecule has 2 rings (SSSR count). The molecule has 0 saturated heterocycles. The number of hydrogen-bond donors (Lipinski definition) is 0. The molecule has 2 aromatic carbocycles. The fraction of sp³-hybridized carbons (Fsp3) is 0.364. The molecule has 0 radical (unpaired) electrons.